The Labute approximate surface area is 196 Å². The molecule has 4 aromatic rings. The zero-order chi connectivity index (χ0) is 22.6. The van der Waals surface area contributed by atoms with Crippen LogP contribution in [0, 0.1) is 0 Å². The van der Waals surface area contributed by atoms with Gasteiger partial charge in [-0.05, 0) is 54.6 Å². The summed E-state index contributed by atoms with van der Waals surface area (Å²) >= 11 is 1.15. The second-order valence-corrected chi connectivity index (χ2v) is 8.46. The molecule has 1 unspecified atom stereocenters. The fraction of sp³-hybridized carbons (Fsp3) is 0.292. The highest BCUT2D eigenvalue weighted by molar-refractivity contribution is 7.00. The number of fused-ring (bicyclic) bond motifs is 1. The lowest BCUT2D eigenvalue weighted by Gasteiger charge is -2.39. The van der Waals surface area contributed by atoms with Gasteiger partial charge in [0.25, 0.3) is 5.91 Å². The first kappa shape index (κ1) is 21.4. The number of rotatable bonds is 7. The maximum atomic E-state index is 12.8. The van der Waals surface area contributed by atoms with Crippen molar-refractivity contribution in [3.05, 3.63) is 72.2 Å². The second kappa shape index (κ2) is 9.60. The van der Waals surface area contributed by atoms with E-state index in [1.165, 1.54) is 5.69 Å². The fourth-order valence-electron chi connectivity index (χ4n) is 4.19. The molecule has 5 rings (SSSR count). The molecule has 2 aromatic heterocycles. The summed E-state index contributed by atoms with van der Waals surface area (Å²) < 4.78 is 19.4. The number of methoxy groups -OCH3 is 1. The Hall–Kier alpha value is -3.43. The number of hydrogen-bond donors (Lipinski definition) is 1. The number of nitrogens with zero attached hydrogens (tertiary/aromatic N) is 4. The van der Waals surface area contributed by atoms with Crippen LogP contribution in [0.1, 0.15) is 22.2 Å². The zero-order valence-corrected chi connectivity index (χ0v) is 19.1. The van der Waals surface area contributed by atoms with Crippen LogP contribution in [0.5, 0.6) is 5.75 Å². The number of furan rings is 1. The normalized spacial score (nSPS) is 15.5. The van der Waals surface area contributed by atoms with E-state index < -0.39 is 0 Å². The highest BCUT2D eigenvalue weighted by Crippen LogP contribution is 2.25. The molecule has 1 aliphatic heterocycles. The van der Waals surface area contributed by atoms with Crippen molar-refractivity contribution in [1.29, 1.82) is 0 Å². The van der Waals surface area contributed by atoms with Crippen LogP contribution in [0.15, 0.2) is 65.3 Å². The van der Waals surface area contributed by atoms with E-state index in [2.05, 4.69) is 36.0 Å². The number of ether oxygens (including phenoxy) is 1. The van der Waals surface area contributed by atoms with Crippen molar-refractivity contribution in [3.8, 4) is 5.75 Å². The standard InChI is InChI=1S/C24H25N5O3S/c1-31-19-7-5-18(6-8-19)28-10-12-29(13-11-28)22(23-3-2-14-32-23)16-25-24(30)17-4-9-20-21(15-17)27-33-26-20/h2-9,14-15,22H,10-13,16H2,1H3,(H,25,30). The Bertz CT molecular complexity index is 1200. The maximum absolute atomic E-state index is 12.8. The van der Waals surface area contributed by atoms with Gasteiger partial charge in [-0.2, -0.15) is 8.75 Å². The van der Waals surface area contributed by atoms with Crippen LogP contribution in [0.25, 0.3) is 11.0 Å². The third kappa shape index (κ3) is 4.69. The first-order valence-corrected chi connectivity index (χ1v) is 11.6. The molecule has 2 aromatic carbocycles. The molecule has 1 fully saturated rings. The van der Waals surface area contributed by atoms with E-state index in [0.29, 0.717) is 12.1 Å². The molecule has 0 bridgehead atoms. The molecular formula is C24H25N5O3S. The highest BCUT2D eigenvalue weighted by Gasteiger charge is 2.27. The number of amides is 1. The molecule has 1 N–H and O–H groups in total. The van der Waals surface area contributed by atoms with E-state index >= 15 is 0 Å². The number of aromatic nitrogens is 2. The maximum Gasteiger partial charge on any atom is 0.251 e. The summed E-state index contributed by atoms with van der Waals surface area (Å²) in [7, 11) is 1.68. The predicted molar refractivity (Wildman–Crippen MR) is 128 cm³/mol. The molecular weight excluding hydrogens is 438 g/mol. The molecule has 0 radical (unpaired) electrons. The van der Waals surface area contributed by atoms with Crippen molar-refractivity contribution in [2.45, 2.75) is 6.04 Å². The largest absolute Gasteiger partial charge is 0.497 e. The van der Waals surface area contributed by atoms with E-state index in [4.69, 9.17) is 9.15 Å². The van der Waals surface area contributed by atoms with Gasteiger partial charge in [0.1, 0.15) is 22.5 Å². The van der Waals surface area contributed by atoms with Crippen molar-refractivity contribution in [2.75, 3.05) is 44.7 Å². The summed E-state index contributed by atoms with van der Waals surface area (Å²) in [5.41, 5.74) is 3.31. The molecule has 33 heavy (non-hydrogen) atoms. The highest BCUT2D eigenvalue weighted by atomic mass is 32.1. The fourth-order valence-corrected chi connectivity index (χ4v) is 4.71. The third-order valence-corrected chi connectivity index (χ3v) is 6.59. The van der Waals surface area contributed by atoms with Crippen LogP contribution in [-0.2, 0) is 0 Å². The smallest absolute Gasteiger partial charge is 0.251 e. The minimum Gasteiger partial charge on any atom is -0.497 e. The van der Waals surface area contributed by atoms with Crippen LogP contribution < -0.4 is 15.0 Å². The van der Waals surface area contributed by atoms with Crippen molar-refractivity contribution in [2.24, 2.45) is 0 Å². The quantitative estimate of drug-likeness (QED) is 0.448. The average Bonchev–Trinajstić information content (AvgIpc) is 3.56. The molecule has 1 saturated heterocycles. The van der Waals surface area contributed by atoms with E-state index in [0.717, 1.165) is 60.5 Å². The molecule has 1 amide bonds. The van der Waals surface area contributed by atoms with Gasteiger partial charge in [-0.1, -0.05) is 0 Å². The first-order valence-electron chi connectivity index (χ1n) is 10.9. The summed E-state index contributed by atoms with van der Waals surface area (Å²) in [5, 5.41) is 3.08. The average molecular weight is 464 g/mol. The Morgan fingerprint density at radius 3 is 2.61 bits per heavy atom. The van der Waals surface area contributed by atoms with Crippen LogP contribution >= 0.6 is 11.7 Å². The van der Waals surface area contributed by atoms with E-state index in [1.807, 2.05) is 30.3 Å². The number of carbonyl (C=O) groups excluding carboxylic acids is 1. The summed E-state index contributed by atoms with van der Waals surface area (Å²) in [6.45, 7) is 3.98. The molecule has 170 valence electrons. The predicted octanol–water partition coefficient (Wildman–Crippen LogP) is 3.59. The van der Waals surface area contributed by atoms with Gasteiger partial charge in [0, 0.05) is 44.0 Å². The van der Waals surface area contributed by atoms with Crippen molar-refractivity contribution >= 4 is 34.4 Å². The lowest BCUT2D eigenvalue weighted by atomic mass is 10.1. The van der Waals surface area contributed by atoms with Gasteiger partial charge < -0.3 is 19.4 Å². The molecule has 0 spiro atoms. The summed E-state index contributed by atoms with van der Waals surface area (Å²) in [6, 6.07) is 17.4. The van der Waals surface area contributed by atoms with Gasteiger partial charge in [0.05, 0.1) is 31.1 Å². The molecule has 1 atom stereocenters. The van der Waals surface area contributed by atoms with Crippen LogP contribution in [0.2, 0.25) is 0 Å². The number of hydrogen-bond acceptors (Lipinski definition) is 8. The van der Waals surface area contributed by atoms with Gasteiger partial charge in [0.15, 0.2) is 0 Å². The summed E-state index contributed by atoms with van der Waals surface area (Å²) in [6.07, 6.45) is 1.68. The van der Waals surface area contributed by atoms with Gasteiger partial charge >= 0.3 is 0 Å². The molecule has 0 saturated carbocycles. The summed E-state index contributed by atoms with van der Waals surface area (Å²) in [4.78, 5) is 17.6. The van der Waals surface area contributed by atoms with Gasteiger partial charge in [-0.3, -0.25) is 9.69 Å². The SMILES string of the molecule is COc1ccc(N2CCN(C(CNC(=O)c3ccc4nsnc4c3)c3ccco3)CC2)cc1. The number of anilines is 1. The Morgan fingerprint density at radius 2 is 1.88 bits per heavy atom. The Balaban J connectivity index is 1.24. The Morgan fingerprint density at radius 1 is 1.09 bits per heavy atom. The van der Waals surface area contributed by atoms with Gasteiger partial charge in [-0.15, -0.1) is 0 Å². The summed E-state index contributed by atoms with van der Waals surface area (Å²) in [5.74, 6) is 1.59. The van der Waals surface area contributed by atoms with Crippen LogP contribution in [0.3, 0.4) is 0 Å². The van der Waals surface area contributed by atoms with Crippen molar-refractivity contribution in [1.82, 2.24) is 19.0 Å². The van der Waals surface area contributed by atoms with Crippen molar-refractivity contribution in [3.63, 3.8) is 0 Å². The van der Waals surface area contributed by atoms with Gasteiger partial charge in [0.2, 0.25) is 0 Å². The Kier molecular flexibility index (Phi) is 6.23. The topological polar surface area (TPSA) is 83.7 Å². The van der Waals surface area contributed by atoms with E-state index in [1.54, 1.807) is 25.5 Å². The number of piperazine rings is 1. The molecule has 3 heterocycles. The number of benzene rings is 2. The van der Waals surface area contributed by atoms with Crippen molar-refractivity contribution < 1.29 is 13.9 Å². The number of carbonyl (C=O) groups is 1. The first-order chi connectivity index (χ1) is 16.2. The monoisotopic (exact) mass is 463 g/mol. The lowest BCUT2D eigenvalue weighted by molar-refractivity contribution is 0.0923. The lowest BCUT2D eigenvalue weighted by Crippen LogP contribution is -2.49. The zero-order valence-electron chi connectivity index (χ0n) is 18.3. The van der Waals surface area contributed by atoms with Crippen LogP contribution in [0.4, 0.5) is 5.69 Å². The minimum atomic E-state index is -0.127. The third-order valence-electron chi connectivity index (χ3n) is 6.04. The minimum absolute atomic E-state index is 0.0355. The molecule has 9 heteroatoms. The van der Waals surface area contributed by atoms with E-state index in [9.17, 15) is 4.79 Å². The van der Waals surface area contributed by atoms with Crippen LogP contribution in [-0.4, -0.2) is 59.4 Å². The second-order valence-electron chi connectivity index (χ2n) is 7.93. The molecule has 1 aliphatic rings. The van der Waals surface area contributed by atoms with Gasteiger partial charge in [-0.25, -0.2) is 0 Å². The molecule has 8 nitrogen and oxygen atoms in total. The molecule has 0 aliphatic carbocycles. The van der Waals surface area contributed by atoms with E-state index in [-0.39, 0.29) is 11.9 Å². The number of nitrogens with one attached hydrogen (secondary N) is 1.